The van der Waals surface area contributed by atoms with E-state index in [9.17, 15) is 4.39 Å². The van der Waals surface area contributed by atoms with Crippen LogP contribution in [0.2, 0.25) is 0 Å². The summed E-state index contributed by atoms with van der Waals surface area (Å²) in [6.07, 6.45) is 1.66. The first-order valence-corrected chi connectivity index (χ1v) is 8.84. The standard InChI is InChI=1S/C23H23FN2O/c1-5-14-27-25-17(3)22-15-23(19-8-10-20(24)11-9-19)26(18(22)4)21-12-6-16(2)7-13-21/h5-13,15H,1,14H2,2-4H3/b25-17-. The Bertz CT molecular complexity index is 967. The molecule has 0 fully saturated rings. The molecule has 4 heteroatoms. The Morgan fingerprint density at radius 3 is 2.41 bits per heavy atom. The van der Waals surface area contributed by atoms with E-state index in [0.29, 0.717) is 6.61 Å². The Kier molecular flexibility index (Phi) is 5.55. The number of aromatic nitrogens is 1. The van der Waals surface area contributed by atoms with Crippen LogP contribution in [0.5, 0.6) is 0 Å². The molecule has 0 aliphatic heterocycles. The molecule has 0 aliphatic carbocycles. The van der Waals surface area contributed by atoms with E-state index in [0.717, 1.165) is 33.9 Å². The smallest absolute Gasteiger partial charge is 0.135 e. The number of oxime groups is 1. The second kappa shape index (κ2) is 8.04. The average molecular weight is 362 g/mol. The van der Waals surface area contributed by atoms with Crippen molar-refractivity contribution in [2.24, 2.45) is 5.16 Å². The van der Waals surface area contributed by atoms with Crippen molar-refractivity contribution < 1.29 is 9.23 Å². The normalized spacial score (nSPS) is 11.5. The lowest BCUT2D eigenvalue weighted by Gasteiger charge is -2.13. The summed E-state index contributed by atoms with van der Waals surface area (Å²) < 4.78 is 15.6. The van der Waals surface area contributed by atoms with Crippen molar-refractivity contribution in [1.82, 2.24) is 4.57 Å². The minimum absolute atomic E-state index is 0.250. The van der Waals surface area contributed by atoms with Gasteiger partial charge in [0.05, 0.1) is 11.4 Å². The van der Waals surface area contributed by atoms with Gasteiger partial charge in [0.2, 0.25) is 0 Å². The Labute approximate surface area is 159 Å². The lowest BCUT2D eigenvalue weighted by molar-refractivity contribution is 0.175. The van der Waals surface area contributed by atoms with Crippen LogP contribution >= 0.6 is 0 Å². The Hall–Kier alpha value is -3.14. The summed E-state index contributed by atoms with van der Waals surface area (Å²) in [7, 11) is 0. The highest BCUT2D eigenvalue weighted by molar-refractivity contribution is 6.01. The van der Waals surface area contributed by atoms with Gasteiger partial charge in [-0.3, -0.25) is 0 Å². The second-order valence-electron chi connectivity index (χ2n) is 6.47. The van der Waals surface area contributed by atoms with Crippen molar-refractivity contribution >= 4 is 5.71 Å². The first kappa shape index (κ1) is 18.6. The van der Waals surface area contributed by atoms with E-state index in [4.69, 9.17) is 4.84 Å². The summed E-state index contributed by atoms with van der Waals surface area (Å²) in [6.45, 7) is 10.0. The van der Waals surface area contributed by atoms with Crippen molar-refractivity contribution in [3.05, 3.63) is 89.9 Å². The van der Waals surface area contributed by atoms with Gasteiger partial charge in [0.25, 0.3) is 0 Å². The van der Waals surface area contributed by atoms with Crippen LogP contribution in [0.25, 0.3) is 16.9 Å². The molecule has 0 unspecified atom stereocenters. The van der Waals surface area contributed by atoms with Crippen LogP contribution in [-0.4, -0.2) is 16.9 Å². The SMILES string of the molecule is C=CCO/N=C(/C)c1cc(-c2ccc(F)cc2)n(-c2ccc(C)cc2)c1C. The van der Waals surface area contributed by atoms with Crippen LogP contribution in [0.4, 0.5) is 4.39 Å². The first-order chi connectivity index (χ1) is 13.0. The molecule has 0 saturated carbocycles. The van der Waals surface area contributed by atoms with E-state index in [2.05, 4.69) is 60.5 Å². The highest BCUT2D eigenvalue weighted by atomic mass is 19.1. The van der Waals surface area contributed by atoms with E-state index in [1.807, 2.05) is 6.92 Å². The lowest BCUT2D eigenvalue weighted by Crippen LogP contribution is -2.02. The van der Waals surface area contributed by atoms with Gasteiger partial charge in [0, 0.05) is 16.9 Å². The van der Waals surface area contributed by atoms with E-state index in [1.165, 1.54) is 17.7 Å². The van der Waals surface area contributed by atoms with Gasteiger partial charge >= 0.3 is 0 Å². The molecule has 0 saturated heterocycles. The predicted octanol–water partition coefficient (Wildman–Crippen LogP) is 5.83. The molecule has 3 aromatic rings. The molecule has 3 rings (SSSR count). The predicted molar refractivity (Wildman–Crippen MR) is 109 cm³/mol. The van der Waals surface area contributed by atoms with Gasteiger partial charge in [0.1, 0.15) is 12.4 Å². The summed E-state index contributed by atoms with van der Waals surface area (Å²) in [5, 5.41) is 4.19. The zero-order chi connectivity index (χ0) is 19.4. The van der Waals surface area contributed by atoms with Crippen LogP contribution in [0.1, 0.15) is 23.7 Å². The van der Waals surface area contributed by atoms with E-state index < -0.39 is 0 Å². The van der Waals surface area contributed by atoms with Crippen molar-refractivity contribution in [3.63, 3.8) is 0 Å². The molecule has 2 aromatic carbocycles. The summed E-state index contributed by atoms with van der Waals surface area (Å²) in [5.74, 6) is -0.250. The highest BCUT2D eigenvalue weighted by Crippen LogP contribution is 2.30. The van der Waals surface area contributed by atoms with Gasteiger partial charge in [-0.2, -0.15) is 0 Å². The molecular weight excluding hydrogens is 339 g/mol. The number of hydrogen-bond acceptors (Lipinski definition) is 2. The van der Waals surface area contributed by atoms with Gasteiger partial charge in [-0.25, -0.2) is 4.39 Å². The topological polar surface area (TPSA) is 26.5 Å². The van der Waals surface area contributed by atoms with E-state index in [-0.39, 0.29) is 5.82 Å². The van der Waals surface area contributed by atoms with Gasteiger partial charge < -0.3 is 9.40 Å². The minimum Gasteiger partial charge on any atom is -0.391 e. The summed E-state index contributed by atoms with van der Waals surface area (Å²) in [5.41, 5.74) is 6.96. The maximum atomic E-state index is 13.4. The summed E-state index contributed by atoms with van der Waals surface area (Å²) >= 11 is 0. The molecule has 0 spiro atoms. The molecule has 0 radical (unpaired) electrons. The molecule has 0 bridgehead atoms. The van der Waals surface area contributed by atoms with Crippen molar-refractivity contribution in [2.45, 2.75) is 20.8 Å². The summed E-state index contributed by atoms with van der Waals surface area (Å²) in [4.78, 5) is 5.26. The third-order valence-electron chi connectivity index (χ3n) is 4.46. The third kappa shape index (κ3) is 4.00. The average Bonchev–Trinajstić information content (AvgIpc) is 3.00. The van der Waals surface area contributed by atoms with Crippen molar-refractivity contribution in [2.75, 3.05) is 6.61 Å². The fourth-order valence-electron chi connectivity index (χ4n) is 3.07. The maximum absolute atomic E-state index is 13.4. The van der Waals surface area contributed by atoms with Gasteiger partial charge in [-0.1, -0.05) is 35.5 Å². The van der Waals surface area contributed by atoms with Gasteiger partial charge in [0.15, 0.2) is 0 Å². The van der Waals surface area contributed by atoms with Crippen LogP contribution in [0, 0.1) is 19.7 Å². The fourth-order valence-corrected chi connectivity index (χ4v) is 3.07. The van der Waals surface area contributed by atoms with Crippen LogP contribution in [-0.2, 0) is 4.84 Å². The molecular formula is C23H23FN2O. The highest BCUT2D eigenvalue weighted by Gasteiger charge is 2.17. The van der Waals surface area contributed by atoms with Gasteiger partial charge in [-0.05, 0) is 68.8 Å². The molecule has 138 valence electrons. The molecule has 0 aliphatic rings. The monoisotopic (exact) mass is 362 g/mol. The second-order valence-corrected chi connectivity index (χ2v) is 6.47. The molecule has 0 N–H and O–H groups in total. The van der Waals surface area contributed by atoms with Gasteiger partial charge in [-0.15, -0.1) is 0 Å². The fraction of sp³-hybridized carbons (Fsp3) is 0.174. The van der Waals surface area contributed by atoms with Crippen molar-refractivity contribution in [3.8, 4) is 16.9 Å². The minimum atomic E-state index is -0.250. The van der Waals surface area contributed by atoms with E-state index >= 15 is 0 Å². The quantitative estimate of drug-likeness (QED) is 0.235. The zero-order valence-corrected chi connectivity index (χ0v) is 15.9. The molecule has 1 aromatic heterocycles. The van der Waals surface area contributed by atoms with Crippen LogP contribution < -0.4 is 0 Å². The number of hydrogen-bond donors (Lipinski definition) is 0. The van der Waals surface area contributed by atoms with Crippen molar-refractivity contribution in [1.29, 1.82) is 0 Å². The Balaban J connectivity index is 2.16. The first-order valence-electron chi connectivity index (χ1n) is 8.84. The molecule has 27 heavy (non-hydrogen) atoms. The molecule has 3 nitrogen and oxygen atoms in total. The lowest BCUT2D eigenvalue weighted by atomic mass is 10.1. The maximum Gasteiger partial charge on any atom is 0.135 e. The van der Waals surface area contributed by atoms with E-state index in [1.54, 1.807) is 18.2 Å². The number of aryl methyl sites for hydroxylation is 1. The number of benzene rings is 2. The number of nitrogens with zero attached hydrogens (tertiary/aromatic N) is 2. The molecule has 1 heterocycles. The Morgan fingerprint density at radius 2 is 1.78 bits per heavy atom. The van der Waals surface area contributed by atoms with Crippen LogP contribution in [0.3, 0.4) is 0 Å². The molecule has 0 amide bonds. The third-order valence-corrected chi connectivity index (χ3v) is 4.46. The largest absolute Gasteiger partial charge is 0.391 e. The number of rotatable bonds is 6. The Morgan fingerprint density at radius 1 is 1.11 bits per heavy atom. The number of halogens is 1. The summed E-state index contributed by atoms with van der Waals surface area (Å²) in [6, 6.07) is 16.9. The zero-order valence-electron chi connectivity index (χ0n) is 15.9. The molecule has 0 atom stereocenters. The van der Waals surface area contributed by atoms with Crippen LogP contribution in [0.15, 0.2) is 72.4 Å².